The summed E-state index contributed by atoms with van der Waals surface area (Å²) in [7, 11) is 1.92. The molecule has 0 saturated heterocycles. The number of benzene rings is 2. The molecule has 1 aliphatic heterocycles. The number of allylic oxidation sites excluding steroid dienone is 1. The first-order valence-electron chi connectivity index (χ1n) is 8.52. The minimum atomic E-state index is -0.654. The molecule has 0 aromatic heterocycles. The van der Waals surface area contributed by atoms with Crippen molar-refractivity contribution < 1.29 is 14.3 Å². The fourth-order valence-corrected chi connectivity index (χ4v) is 3.57. The van der Waals surface area contributed by atoms with Crippen LogP contribution in [-0.4, -0.2) is 25.4 Å². The van der Waals surface area contributed by atoms with Crippen LogP contribution in [-0.2, 0) is 14.9 Å². The zero-order valence-electron chi connectivity index (χ0n) is 15.5. The van der Waals surface area contributed by atoms with E-state index in [1.807, 2.05) is 30.1 Å². The van der Waals surface area contributed by atoms with Gasteiger partial charge in [0.05, 0.1) is 5.56 Å². The van der Waals surface area contributed by atoms with Crippen molar-refractivity contribution in [3.8, 4) is 0 Å². The number of esters is 1. The molecule has 0 fully saturated rings. The number of fused-ring (bicyclic) bond motifs is 1. The van der Waals surface area contributed by atoms with E-state index >= 15 is 0 Å². The predicted molar refractivity (Wildman–Crippen MR) is 107 cm³/mol. The number of halogens is 1. The Morgan fingerprint density at radius 3 is 2.59 bits per heavy atom. The summed E-state index contributed by atoms with van der Waals surface area (Å²) in [5.41, 5.74) is 8.93. The van der Waals surface area contributed by atoms with Crippen LogP contribution in [0.25, 0.3) is 0 Å². The summed E-state index contributed by atoms with van der Waals surface area (Å²) < 4.78 is 5.13. The lowest BCUT2D eigenvalue weighted by molar-refractivity contribution is -0.117. The molecule has 27 heavy (non-hydrogen) atoms. The molecule has 0 amide bonds. The van der Waals surface area contributed by atoms with Gasteiger partial charge in [-0.1, -0.05) is 43.6 Å². The maximum Gasteiger partial charge on any atom is 0.340 e. The van der Waals surface area contributed by atoms with E-state index in [-0.39, 0.29) is 29.1 Å². The lowest BCUT2D eigenvalue weighted by atomic mass is 9.83. The van der Waals surface area contributed by atoms with Gasteiger partial charge < -0.3 is 15.4 Å². The topological polar surface area (TPSA) is 72.6 Å². The molecule has 0 saturated carbocycles. The molecular weight excluding hydrogens is 364 g/mol. The Hall–Kier alpha value is -2.79. The Kier molecular flexibility index (Phi) is 4.98. The number of nitrogen functional groups attached to an aromatic ring is 1. The molecule has 0 unspecified atom stereocenters. The van der Waals surface area contributed by atoms with Crippen molar-refractivity contribution in [2.24, 2.45) is 0 Å². The molecule has 3 rings (SSSR count). The van der Waals surface area contributed by atoms with E-state index in [1.165, 1.54) is 12.1 Å². The summed E-state index contributed by atoms with van der Waals surface area (Å²) in [5.74, 6) is -0.947. The number of rotatable bonds is 4. The number of carbonyl (C=O) groups excluding carboxylic acids is 2. The molecule has 0 atom stereocenters. The van der Waals surface area contributed by atoms with Gasteiger partial charge in [-0.3, -0.25) is 4.79 Å². The number of hydrogen-bond donors (Lipinski definition) is 1. The first-order valence-corrected chi connectivity index (χ1v) is 8.90. The monoisotopic (exact) mass is 384 g/mol. The lowest BCUT2D eigenvalue weighted by Gasteiger charge is -2.23. The second-order valence-corrected chi connectivity index (χ2v) is 7.44. The van der Waals surface area contributed by atoms with Crippen LogP contribution < -0.4 is 10.6 Å². The molecule has 0 bridgehead atoms. The van der Waals surface area contributed by atoms with E-state index in [4.69, 9.17) is 22.1 Å². The highest BCUT2D eigenvalue weighted by Gasteiger charge is 2.38. The third kappa shape index (κ3) is 3.55. The van der Waals surface area contributed by atoms with E-state index in [0.29, 0.717) is 5.02 Å². The Labute approximate surface area is 163 Å². The number of anilines is 2. The Bertz CT molecular complexity index is 950. The quantitative estimate of drug-likeness (QED) is 0.490. The van der Waals surface area contributed by atoms with Crippen LogP contribution in [0.15, 0.2) is 54.2 Å². The average molecular weight is 385 g/mol. The van der Waals surface area contributed by atoms with Gasteiger partial charge in [0, 0.05) is 40.6 Å². The van der Waals surface area contributed by atoms with Gasteiger partial charge >= 0.3 is 5.97 Å². The highest BCUT2D eigenvalue weighted by molar-refractivity contribution is 6.31. The van der Waals surface area contributed by atoms with E-state index in [2.05, 4.69) is 19.9 Å². The Morgan fingerprint density at radius 1 is 1.22 bits per heavy atom. The molecule has 2 aromatic rings. The highest BCUT2D eigenvalue weighted by atomic mass is 35.5. The van der Waals surface area contributed by atoms with Crippen LogP contribution >= 0.6 is 11.6 Å². The van der Waals surface area contributed by atoms with E-state index < -0.39 is 5.97 Å². The van der Waals surface area contributed by atoms with Gasteiger partial charge in [0.15, 0.2) is 12.4 Å². The van der Waals surface area contributed by atoms with Crippen LogP contribution in [0.5, 0.6) is 0 Å². The van der Waals surface area contributed by atoms with Crippen molar-refractivity contribution in [1.82, 2.24) is 0 Å². The zero-order valence-corrected chi connectivity index (χ0v) is 16.2. The van der Waals surface area contributed by atoms with Crippen molar-refractivity contribution >= 4 is 34.7 Å². The summed E-state index contributed by atoms with van der Waals surface area (Å²) >= 11 is 5.82. The standard InChI is InChI=1S/C21H21ClN2O3/c1-21(2)16-6-4-5-7-18(16)24(3)19(21)11-14(25)12-27-20(26)15-9-8-13(22)10-17(15)23/h4-11H,12,23H2,1-3H3. The smallest absolute Gasteiger partial charge is 0.340 e. The first-order chi connectivity index (χ1) is 12.7. The summed E-state index contributed by atoms with van der Waals surface area (Å²) in [6.07, 6.45) is 1.54. The summed E-state index contributed by atoms with van der Waals surface area (Å²) in [6, 6.07) is 12.5. The van der Waals surface area contributed by atoms with E-state index in [1.54, 1.807) is 12.1 Å². The van der Waals surface area contributed by atoms with Crippen molar-refractivity contribution in [2.45, 2.75) is 19.3 Å². The van der Waals surface area contributed by atoms with Gasteiger partial charge in [0.25, 0.3) is 0 Å². The number of para-hydroxylation sites is 1. The molecule has 0 radical (unpaired) electrons. The molecular formula is C21H21ClN2O3. The highest BCUT2D eigenvalue weighted by Crippen LogP contribution is 2.46. The summed E-state index contributed by atoms with van der Waals surface area (Å²) in [4.78, 5) is 26.6. The van der Waals surface area contributed by atoms with Gasteiger partial charge in [0.1, 0.15) is 0 Å². The van der Waals surface area contributed by atoms with Crippen molar-refractivity contribution in [2.75, 3.05) is 24.3 Å². The fraction of sp³-hybridized carbons (Fsp3) is 0.238. The number of nitrogens with two attached hydrogens (primary N) is 1. The second-order valence-electron chi connectivity index (χ2n) is 7.00. The molecule has 5 nitrogen and oxygen atoms in total. The molecule has 1 heterocycles. The first kappa shape index (κ1) is 19.0. The Morgan fingerprint density at radius 2 is 1.93 bits per heavy atom. The molecule has 6 heteroatoms. The van der Waals surface area contributed by atoms with Crippen LogP contribution in [0.1, 0.15) is 29.8 Å². The maximum atomic E-state index is 12.4. The van der Waals surface area contributed by atoms with Crippen LogP contribution in [0.2, 0.25) is 5.02 Å². The number of ketones is 1. The zero-order chi connectivity index (χ0) is 19.8. The normalized spacial score (nSPS) is 16.3. The number of carbonyl (C=O) groups is 2. The molecule has 0 aliphatic carbocycles. The van der Waals surface area contributed by atoms with Crippen LogP contribution in [0.4, 0.5) is 11.4 Å². The van der Waals surface area contributed by atoms with Crippen LogP contribution in [0, 0.1) is 0 Å². The van der Waals surface area contributed by atoms with Gasteiger partial charge in [-0.25, -0.2) is 4.79 Å². The lowest BCUT2D eigenvalue weighted by Crippen LogP contribution is -2.25. The molecule has 1 aliphatic rings. The summed E-state index contributed by atoms with van der Waals surface area (Å²) in [5, 5.41) is 0.427. The van der Waals surface area contributed by atoms with Crippen molar-refractivity contribution in [3.05, 3.63) is 70.4 Å². The van der Waals surface area contributed by atoms with Gasteiger partial charge in [-0.15, -0.1) is 0 Å². The van der Waals surface area contributed by atoms with Gasteiger partial charge in [-0.05, 0) is 29.8 Å². The largest absolute Gasteiger partial charge is 0.454 e. The van der Waals surface area contributed by atoms with Crippen molar-refractivity contribution in [1.29, 1.82) is 0 Å². The predicted octanol–water partition coefficient (Wildman–Crippen LogP) is 3.96. The minimum absolute atomic E-state index is 0.186. The molecule has 2 N–H and O–H groups in total. The molecule has 140 valence electrons. The number of nitrogens with zero attached hydrogens (tertiary/aromatic N) is 1. The van der Waals surface area contributed by atoms with Crippen molar-refractivity contribution in [3.63, 3.8) is 0 Å². The number of hydrogen-bond acceptors (Lipinski definition) is 5. The molecule has 0 spiro atoms. The second kappa shape index (κ2) is 7.08. The van der Waals surface area contributed by atoms with E-state index in [0.717, 1.165) is 16.9 Å². The summed E-state index contributed by atoms with van der Waals surface area (Å²) in [6.45, 7) is 3.77. The minimum Gasteiger partial charge on any atom is -0.454 e. The SMILES string of the molecule is CN1C(=CC(=O)COC(=O)c2ccc(Cl)cc2N)C(C)(C)c2ccccc21. The van der Waals surface area contributed by atoms with Gasteiger partial charge in [0.2, 0.25) is 0 Å². The molecule has 2 aromatic carbocycles. The van der Waals surface area contributed by atoms with Crippen LogP contribution in [0.3, 0.4) is 0 Å². The van der Waals surface area contributed by atoms with Gasteiger partial charge in [-0.2, -0.15) is 0 Å². The third-order valence-electron chi connectivity index (χ3n) is 4.82. The third-order valence-corrected chi connectivity index (χ3v) is 5.05. The number of ether oxygens (including phenoxy) is 1. The van der Waals surface area contributed by atoms with E-state index in [9.17, 15) is 9.59 Å². The maximum absolute atomic E-state index is 12.4. The average Bonchev–Trinajstić information content (AvgIpc) is 2.81. The Balaban J connectivity index is 1.73. The fourth-order valence-electron chi connectivity index (χ4n) is 3.39. The number of likely N-dealkylation sites (N-methyl/N-ethyl adjacent to an activating group) is 1.